The summed E-state index contributed by atoms with van der Waals surface area (Å²) in [5.41, 5.74) is 4.61. The zero-order chi connectivity index (χ0) is 22.6. The third-order valence-electron chi connectivity index (χ3n) is 6.96. The van der Waals surface area contributed by atoms with Gasteiger partial charge in [0.2, 0.25) is 0 Å². The van der Waals surface area contributed by atoms with Crippen LogP contribution in [0.4, 0.5) is 0 Å². The van der Waals surface area contributed by atoms with E-state index in [1.807, 2.05) is 23.5 Å². The first-order valence-electron chi connectivity index (χ1n) is 11.6. The molecular weight excluding hydrogens is 416 g/mol. The second-order valence-electron chi connectivity index (χ2n) is 8.88. The molecule has 0 spiro atoms. The average Bonchev–Trinajstić information content (AvgIpc) is 3.36. The topological polar surface area (TPSA) is 46.5 Å². The first-order valence-corrected chi connectivity index (χ1v) is 12.5. The standard InChI is InChI=1S/C28H32O3S/c1-3-28(26-10-7-17-32-26,24-8-5-4-6-9-24)31-19-21-11-16-25(20(2)18-21)22-12-14-23(15-13-22)27(29)30/h7,10-18,24H,3-6,8-9,19H2,1-2H3,(H,29,30). The lowest BCUT2D eigenvalue weighted by Gasteiger charge is -2.41. The second-order valence-corrected chi connectivity index (χ2v) is 9.82. The predicted octanol–water partition coefficient (Wildman–Crippen LogP) is 7.82. The minimum Gasteiger partial charge on any atom is -0.478 e. The fourth-order valence-corrected chi connectivity index (χ4v) is 6.22. The van der Waals surface area contributed by atoms with Gasteiger partial charge in [-0.1, -0.05) is 62.6 Å². The smallest absolute Gasteiger partial charge is 0.335 e. The summed E-state index contributed by atoms with van der Waals surface area (Å²) in [5, 5.41) is 11.3. The molecule has 0 aliphatic heterocycles. The SMILES string of the molecule is CCC(OCc1ccc(-c2ccc(C(=O)O)cc2)c(C)c1)(c1cccs1)C1CCCCC1. The van der Waals surface area contributed by atoms with Gasteiger partial charge in [-0.25, -0.2) is 4.79 Å². The molecule has 3 aromatic rings. The van der Waals surface area contributed by atoms with E-state index >= 15 is 0 Å². The normalized spacial score (nSPS) is 16.6. The highest BCUT2D eigenvalue weighted by Gasteiger charge is 2.41. The van der Waals surface area contributed by atoms with E-state index in [1.54, 1.807) is 12.1 Å². The van der Waals surface area contributed by atoms with Crippen molar-refractivity contribution in [2.75, 3.05) is 0 Å². The Balaban J connectivity index is 1.55. The molecular formula is C28H32O3S. The van der Waals surface area contributed by atoms with Crippen molar-refractivity contribution >= 4 is 17.3 Å². The number of rotatable bonds is 8. The fourth-order valence-electron chi connectivity index (χ4n) is 5.19. The number of hydrogen-bond donors (Lipinski definition) is 1. The maximum atomic E-state index is 11.1. The Bertz CT molecular complexity index is 1030. The van der Waals surface area contributed by atoms with Gasteiger partial charge >= 0.3 is 5.97 Å². The zero-order valence-corrected chi connectivity index (χ0v) is 19.8. The van der Waals surface area contributed by atoms with Gasteiger partial charge in [-0.15, -0.1) is 11.3 Å². The second kappa shape index (κ2) is 10.0. The minimum atomic E-state index is -0.899. The molecule has 3 nitrogen and oxygen atoms in total. The molecule has 1 atom stereocenters. The number of aromatic carboxylic acids is 1. The van der Waals surface area contributed by atoms with Crippen molar-refractivity contribution in [2.24, 2.45) is 5.92 Å². The van der Waals surface area contributed by atoms with Crippen LogP contribution in [0, 0.1) is 12.8 Å². The molecule has 32 heavy (non-hydrogen) atoms. The van der Waals surface area contributed by atoms with E-state index < -0.39 is 5.97 Å². The molecule has 1 aliphatic carbocycles. The minimum absolute atomic E-state index is 0.201. The maximum absolute atomic E-state index is 11.1. The first kappa shape index (κ1) is 22.8. The lowest BCUT2D eigenvalue weighted by atomic mass is 9.74. The van der Waals surface area contributed by atoms with Crippen LogP contribution in [0.15, 0.2) is 60.0 Å². The van der Waals surface area contributed by atoms with Gasteiger partial charge < -0.3 is 9.84 Å². The summed E-state index contributed by atoms with van der Waals surface area (Å²) in [6.07, 6.45) is 7.43. The van der Waals surface area contributed by atoms with Gasteiger partial charge in [0.25, 0.3) is 0 Å². The van der Waals surface area contributed by atoms with Crippen LogP contribution >= 0.6 is 11.3 Å². The van der Waals surface area contributed by atoms with Crippen LogP contribution < -0.4 is 0 Å². The van der Waals surface area contributed by atoms with Gasteiger partial charge in [-0.05, 0) is 77.9 Å². The van der Waals surface area contributed by atoms with Crippen molar-refractivity contribution < 1.29 is 14.6 Å². The summed E-state index contributed by atoms with van der Waals surface area (Å²) in [7, 11) is 0. The summed E-state index contributed by atoms with van der Waals surface area (Å²) in [5.74, 6) is -0.322. The van der Waals surface area contributed by atoms with E-state index in [0.29, 0.717) is 18.1 Å². The number of ether oxygens (including phenoxy) is 1. The largest absolute Gasteiger partial charge is 0.478 e. The number of carbonyl (C=O) groups is 1. The molecule has 1 saturated carbocycles. The van der Waals surface area contributed by atoms with Crippen molar-refractivity contribution in [3.63, 3.8) is 0 Å². The van der Waals surface area contributed by atoms with Crippen LogP contribution in [0.5, 0.6) is 0 Å². The van der Waals surface area contributed by atoms with E-state index in [2.05, 4.69) is 49.6 Å². The number of thiophene rings is 1. The van der Waals surface area contributed by atoms with Gasteiger partial charge in [-0.2, -0.15) is 0 Å². The average molecular weight is 449 g/mol. The van der Waals surface area contributed by atoms with Gasteiger partial charge in [-0.3, -0.25) is 0 Å². The molecule has 1 unspecified atom stereocenters. The van der Waals surface area contributed by atoms with Gasteiger partial charge in [0.1, 0.15) is 5.60 Å². The van der Waals surface area contributed by atoms with Crippen molar-refractivity contribution in [2.45, 2.75) is 64.6 Å². The zero-order valence-electron chi connectivity index (χ0n) is 19.0. The molecule has 4 rings (SSSR count). The van der Waals surface area contributed by atoms with Crippen molar-refractivity contribution in [1.29, 1.82) is 0 Å². The molecule has 1 aliphatic rings. The molecule has 168 valence electrons. The Morgan fingerprint density at radius 2 is 1.84 bits per heavy atom. The first-order chi connectivity index (χ1) is 15.5. The molecule has 1 aromatic heterocycles. The summed E-state index contributed by atoms with van der Waals surface area (Å²) < 4.78 is 6.84. The Morgan fingerprint density at radius 1 is 1.09 bits per heavy atom. The fraction of sp³-hybridized carbons (Fsp3) is 0.393. The highest BCUT2D eigenvalue weighted by molar-refractivity contribution is 7.10. The molecule has 4 heteroatoms. The van der Waals surface area contributed by atoms with E-state index in [1.165, 1.54) is 48.1 Å². The summed E-state index contributed by atoms with van der Waals surface area (Å²) in [4.78, 5) is 12.5. The lowest BCUT2D eigenvalue weighted by Crippen LogP contribution is -2.38. The van der Waals surface area contributed by atoms with Crippen LogP contribution in [-0.4, -0.2) is 11.1 Å². The quantitative estimate of drug-likeness (QED) is 0.382. The van der Waals surface area contributed by atoms with E-state index in [4.69, 9.17) is 9.84 Å². The van der Waals surface area contributed by atoms with Crippen molar-refractivity contribution in [1.82, 2.24) is 0 Å². The van der Waals surface area contributed by atoms with Gasteiger partial charge in [0.05, 0.1) is 12.2 Å². The molecule has 0 amide bonds. The molecule has 0 radical (unpaired) electrons. The van der Waals surface area contributed by atoms with Gasteiger partial charge in [0.15, 0.2) is 0 Å². The lowest BCUT2D eigenvalue weighted by molar-refractivity contribution is -0.113. The summed E-state index contributed by atoms with van der Waals surface area (Å²) in [6.45, 7) is 4.97. The van der Waals surface area contributed by atoms with Crippen LogP contribution in [0.25, 0.3) is 11.1 Å². The van der Waals surface area contributed by atoms with Crippen molar-refractivity contribution in [3.05, 3.63) is 81.5 Å². The highest BCUT2D eigenvalue weighted by Crippen LogP contribution is 2.46. The van der Waals surface area contributed by atoms with Crippen molar-refractivity contribution in [3.8, 4) is 11.1 Å². The monoisotopic (exact) mass is 448 g/mol. The van der Waals surface area contributed by atoms with Gasteiger partial charge in [0, 0.05) is 4.88 Å². The Morgan fingerprint density at radius 3 is 2.44 bits per heavy atom. The Labute approximate surface area is 195 Å². The van der Waals surface area contributed by atoms with Crippen LogP contribution in [0.3, 0.4) is 0 Å². The molecule has 2 aromatic carbocycles. The predicted molar refractivity (Wildman–Crippen MR) is 131 cm³/mol. The molecule has 0 saturated heterocycles. The van der Waals surface area contributed by atoms with Crippen LogP contribution in [0.2, 0.25) is 0 Å². The summed E-state index contributed by atoms with van der Waals surface area (Å²) >= 11 is 1.82. The van der Waals surface area contributed by atoms with E-state index in [9.17, 15) is 4.79 Å². The molecule has 1 fully saturated rings. The third-order valence-corrected chi connectivity index (χ3v) is 7.99. The third kappa shape index (κ3) is 4.67. The number of carboxylic acids is 1. The van der Waals surface area contributed by atoms with E-state index in [0.717, 1.165) is 17.5 Å². The molecule has 1 N–H and O–H groups in total. The summed E-state index contributed by atoms with van der Waals surface area (Å²) in [6, 6.07) is 17.9. The Hall–Kier alpha value is -2.43. The van der Waals surface area contributed by atoms with E-state index in [-0.39, 0.29) is 5.60 Å². The number of benzene rings is 2. The Kier molecular flexibility index (Phi) is 7.12. The number of hydrogen-bond acceptors (Lipinski definition) is 3. The highest BCUT2D eigenvalue weighted by atomic mass is 32.1. The van der Waals surface area contributed by atoms with Crippen LogP contribution in [-0.2, 0) is 16.9 Å². The number of carboxylic acid groups (broad SMARTS) is 1. The molecule has 0 bridgehead atoms. The maximum Gasteiger partial charge on any atom is 0.335 e. The van der Waals surface area contributed by atoms with Crippen LogP contribution in [0.1, 0.15) is 71.8 Å². The number of aryl methyl sites for hydroxylation is 1. The molecule has 1 heterocycles.